The highest BCUT2D eigenvalue weighted by molar-refractivity contribution is 6.06. The minimum Gasteiger partial charge on any atom is -0.465 e. The number of aromatic nitrogens is 2. The molecule has 2 aromatic heterocycles. The molecule has 4 aromatic rings. The van der Waals surface area contributed by atoms with Crippen molar-refractivity contribution < 1.29 is 19.4 Å². The number of carbonyl (C=O) groups is 1. The molecule has 0 unspecified atom stereocenters. The quantitative estimate of drug-likeness (QED) is 0.250. The average molecular weight is 474 g/mol. The number of aliphatic hydroxyl groups excluding tert-OH is 1. The second-order valence-electron chi connectivity index (χ2n) is 8.59. The molecule has 5 N–H and O–H groups in total. The van der Waals surface area contributed by atoms with Gasteiger partial charge in [-0.3, -0.25) is 0 Å². The van der Waals surface area contributed by atoms with Crippen molar-refractivity contribution in [3.05, 3.63) is 60.2 Å². The van der Waals surface area contributed by atoms with Crippen LogP contribution in [0.1, 0.15) is 24.8 Å². The van der Waals surface area contributed by atoms with Gasteiger partial charge < -0.3 is 30.6 Å². The smallest absolute Gasteiger partial charge is 0.405 e. The van der Waals surface area contributed by atoms with Crippen molar-refractivity contribution in [2.45, 2.75) is 24.8 Å². The highest BCUT2D eigenvalue weighted by Gasteiger charge is 2.40. The van der Waals surface area contributed by atoms with Crippen LogP contribution >= 0.6 is 0 Å². The van der Waals surface area contributed by atoms with E-state index < -0.39 is 11.6 Å². The molecule has 0 radical (unpaired) electrons. The minimum atomic E-state index is -1.01. The van der Waals surface area contributed by atoms with Crippen LogP contribution in [-0.2, 0) is 5.54 Å². The molecule has 0 bridgehead atoms. The third-order valence-electron chi connectivity index (χ3n) is 6.50. The van der Waals surface area contributed by atoms with Gasteiger partial charge in [-0.1, -0.05) is 54.6 Å². The largest absolute Gasteiger partial charge is 0.465 e. The van der Waals surface area contributed by atoms with Crippen LogP contribution in [-0.4, -0.2) is 46.5 Å². The third kappa shape index (κ3) is 4.15. The fourth-order valence-electron chi connectivity index (χ4n) is 4.67. The van der Waals surface area contributed by atoms with Gasteiger partial charge in [0, 0.05) is 24.7 Å². The maximum Gasteiger partial charge on any atom is 0.405 e. The van der Waals surface area contributed by atoms with E-state index in [1.54, 1.807) is 7.05 Å². The lowest BCUT2D eigenvalue weighted by Gasteiger charge is -2.42. The molecular weight excluding hydrogens is 446 g/mol. The van der Waals surface area contributed by atoms with Crippen LogP contribution < -0.4 is 16.0 Å². The number of hydrogen-bond acceptors (Lipinski definition) is 7. The summed E-state index contributed by atoms with van der Waals surface area (Å²) in [6.07, 6.45) is 1.54. The van der Waals surface area contributed by atoms with Crippen molar-refractivity contribution >= 4 is 29.0 Å². The van der Waals surface area contributed by atoms with Crippen molar-refractivity contribution in [1.82, 2.24) is 15.3 Å². The number of nitrogens with one attached hydrogen (secondary N) is 3. The van der Waals surface area contributed by atoms with Crippen LogP contribution in [0.4, 0.5) is 16.6 Å². The standard InChI is InChI=1S/C26H27N5O4/c1-27-22-20-19(16-6-3-2-4-7-16)21(35-23(20)30-24(29-22)28-14-15-32)17-8-10-18(11-9-17)26(12-5-13-26)31-25(33)34/h2-4,6-11,31-32H,5,12-15H2,1H3,(H,33,34)(H2,27,28,29,30). The van der Waals surface area contributed by atoms with E-state index in [0.717, 1.165) is 46.9 Å². The Hall–Kier alpha value is -4.11. The Morgan fingerprint density at radius 1 is 1.06 bits per heavy atom. The van der Waals surface area contributed by atoms with Crippen LogP contribution in [0.25, 0.3) is 33.6 Å². The summed E-state index contributed by atoms with van der Waals surface area (Å²) >= 11 is 0. The first-order valence-electron chi connectivity index (χ1n) is 11.6. The summed E-state index contributed by atoms with van der Waals surface area (Å²) in [6.45, 7) is 0.279. The van der Waals surface area contributed by atoms with E-state index in [1.807, 2.05) is 54.6 Å². The number of fused-ring (bicyclic) bond motifs is 1. The van der Waals surface area contributed by atoms with Crippen molar-refractivity contribution in [2.75, 3.05) is 30.8 Å². The summed E-state index contributed by atoms with van der Waals surface area (Å²) in [5.41, 5.74) is 3.52. The summed E-state index contributed by atoms with van der Waals surface area (Å²) in [4.78, 5) is 20.5. The summed E-state index contributed by atoms with van der Waals surface area (Å²) < 4.78 is 6.33. The second kappa shape index (κ2) is 9.27. The van der Waals surface area contributed by atoms with Crippen LogP contribution in [0.2, 0.25) is 0 Å². The molecule has 1 aliphatic carbocycles. The zero-order valence-electron chi connectivity index (χ0n) is 19.3. The van der Waals surface area contributed by atoms with E-state index in [0.29, 0.717) is 29.8 Å². The third-order valence-corrected chi connectivity index (χ3v) is 6.50. The SMILES string of the molecule is CNc1nc(NCCO)nc2oc(-c3ccc(C4(NC(=O)O)CCC4)cc3)c(-c3ccccc3)c12. The Morgan fingerprint density at radius 2 is 1.80 bits per heavy atom. The molecule has 0 saturated heterocycles. The number of aliphatic hydroxyl groups is 1. The Labute approximate surface area is 202 Å². The molecule has 1 fully saturated rings. The van der Waals surface area contributed by atoms with Gasteiger partial charge >= 0.3 is 6.09 Å². The van der Waals surface area contributed by atoms with E-state index in [9.17, 15) is 9.90 Å². The first-order chi connectivity index (χ1) is 17.0. The van der Waals surface area contributed by atoms with Gasteiger partial charge in [0.25, 0.3) is 0 Å². The molecule has 9 heteroatoms. The number of carboxylic acid groups (broad SMARTS) is 1. The fraction of sp³-hybridized carbons (Fsp3) is 0.269. The van der Waals surface area contributed by atoms with Crippen LogP contribution in [0, 0.1) is 0 Å². The zero-order valence-corrected chi connectivity index (χ0v) is 19.3. The van der Waals surface area contributed by atoms with Crippen molar-refractivity contribution in [2.24, 2.45) is 0 Å². The fourth-order valence-corrected chi connectivity index (χ4v) is 4.67. The highest BCUT2D eigenvalue weighted by Crippen LogP contribution is 2.45. The van der Waals surface area contributed by atoms with E-state index in [1.165, 1.54) is 0 Å². The maximum atomic E-state index is 11.4. The minimum absolute atomic E-state index is 0.0421. The predicted molar refractivity (Wildman–Crippen MR) is 134 cm³/mol. The Balaban J connectivity index is 1.65. The molecule has 1 amide bonds. The molecule has 1 saturated carbocycles. The maximum absolute atomic E-state index is 11.4. The van der Waals surface area contributed by atoms with Crippen LogP contribution in [0.5, 0.6) is 0 Å². The Bertz CT molecular complexity index is 1350. The van der Waals surface area contributed by atoms with Crippen LogP contribution in [0.15, 0.2) is 59.0 Å². The van der Waals surface area contributed by atoms with Gasteiger partial charge in [0.2, 0.25) is 11.7 Å². The first kappa shape index (κ1) is 22.7. The van der Waals surface area contributed by atoms with Gasteiger partial charge in [-0.25, -0.2) is 4.79 Å². The molecule has 1 aliphatic rings. The van der Waals surface area contributed by atoms with Gasteiger partial charge in [-0.05, 0) is 30.4 Å². The van der Waals surface area contributed by atoms with Gasteiger partial charge in [0.1, 0.15) is 11.6 Å². The molecule has 9 nitrogen and oxygen atoms in total. The monoisotopic (exact) mass is 473 g/mol. The predicted octanol–water partition coefficient (Wildman–Crippen LogP) is 4.65. The number of furan rings is 1. The Morgan fingerprint density at radius 3 is 2.40 bits per heavy atom. The number of nitrogens with zero attached hydrogens (tertiary/aromatic N) is 2. The molecule has 5 rings (SSSR count). The van der Waals surface area contributed by atoms with Gasteiger partial charge in [-0.2, -0.15) is 9.97 Å². The molecular formula is C26H27N5O4. The van der Waals surface area contributed by atoms with Gasteiger partial charge in [0.05, 0.1) is 17.5 Å². The molecule has 0 aliphatic heterocycles. The number of rotatable bonds is 8. The summed E-state index contributed by atoms with van der Waals surface area (Å²) in [5.74, 6) is 1.62. The molecule has 0 spiro atoms. The number of amides is 1. The first-order valence-corrected chi connectivity index (χ1v) is 11.6. The van der Waals surface area contributed by atoms with E-state index in [-0.39, 0.29) is 6.61 Å². The van der Waals surface area contributed by atoms with E-state index in [2.05, 4.69) is 25.9 Å². The zero-order chi connectivity index (χ0) is 24.4. The molecule has 2 aromatic carbocycles. The Kier molecular flexibility index (Phi) is 6.00. The van der Waals surface area contributed by atoms with E-state index >= 15 is 0 Å². The van der Waals surface area contributed by atoms with Gasteiger partial charge in [-0.15, -0.1) is 0 Å². The van der Waals surface area contributed by atoms with Crippen LogP contribution in [0.3, 0.4) is 0 Å². The summed E-state index contributed by atoms with van der Waals surface area (Å²) in [6, 6.07) is 17.8. The lowest BCUT2D eigenvalue weighted by Crippen LogP contribution is -2.50. The lowest BCUT2D eigenvalue weighted by atomic mass is 9.72. The van der Waals surface area contributed by atoms with Crippen molar-refractivity contribution in [3.63, 3.8) is 0 Å². The number of hydrogen-bond donors (Lipinski definition) is 5. The summed E-state index contributed by atoms with van der Waals surface area (Å²) in [5, 5.41) is 28.1. The van der Waals surface area contributed by atoms with Crippen molar-refractivity contribution in [3.8, 4) is 22.5 Å². The average Bonchev–Trinajstić information content (AvgIpc) is 3.24. The lowest BCUT2D eigenvalue weighted by molar-refractivity contribution is 0.144. The summed E-state index contributed by atoms with van der Waals surface area (Å²) in [7, 11) is 1.79. The second-order valence-corrected chi connectivity index (χ2v) is 8.59. The van der Waals surface area contributed by atoms with Crippen molar-refractivity contribution in [1.29, 1.82) is 0 Å². The normalized spacial score (nSPS) is 14.3. The number of benzene rings is 2. The molecule has 180 valence electrons. The molecule has 0 atom stereocenters. The van der Waals surface area contributed by atoms with E-state index in [4.69, 9.17) is 9.52 Å². The molecule has 2 heterocycles. The highest BCUT2D eigenvalue weighted by atomic mass is 16.4. The molecule has 35 heavy (non-hydrogen) atoms. The number of anilines is 2. The topological polar surface area (TPSA) is 133 Å². The van der Waals surface area contributed by atoms with Gasteiger partial charge in [0.15, 0.2) is 0 Å².